The second kappa shape index (κ2) is 6.36. The van der Waals surface area contributed by atoms with Gasteiger partial charge in [-0.15, -0.1) is 11.3 Å². The van der Waals surface area contributed by atoms with Crippen molar-refractivity contribution in [3.05, 3.63) is 44.8 Å². The molecule has 0 bridgehead atoms. The fourth-order valence-electron chi connectivity index (χ4n) is 1.80. The smallest absolute Gasteiger partial charge is 0.267 e. The lowest BCUT2D eigenvalue weighted by Crippen LogP contribution is -2.34. The number of halogens is 1. The van der Waals surface area contributed by atoms with Crippen LogP contribution >= 0.6 is 27.3 Å². The highest BCUT2D eigenvalue weighted by Gasteiger charge is 2.17. The van der Waals surface area contributed by atoms with Crippen molar-refractivity contribution < 1.29 is 4.79 Å². The SMILES string of the molecule is CN(C)[C@H](CNC(=O)c1cc(Br)c[nH]1)c1cccs1. The molecule has 2 aromatic rings. The molecule has 0 aliphatic rings. The molecule has 0 aliphatic carbocycles. The van der Waals surface area contributed by atoms with Crippen molar-refractivity contribution in [2.24, 2.45) is 0 Å². The molecule has 102 valence electrons. The van der Waals surface area contributed by atoms with Gasteiger partial charge in [-0.05, 0) is 47.5 Å². The Bertz CT molecular complexity index is 536. The van der Waals surface area contributed by atoms with Gasteiger partial charge in [0.15, 0.2) is 0 Å². The van der Waals surface area contributed by atoms with Crippen LogP contribution in [-0.2, 0) is 0 Å². The zero-order chi connectivity index (χ0) is 13.8. The Morgan fingerprint density at radius 2 is 2.37 bits per heavy atom. The Morgan fingerprint density at radius 1 is 1.58 bits per heavy atom. The maximum Gasteiger partial charge on any atom is 0.267 e. The Morgan fingerprint density at radius 3 is 2.89 bits per heavy atom. The summed E-state index contributed by atoms with van der Waals surface area (Å²) in [5.41, 5.74) is 0.565. The van der Waals surface area contributed by atoms with Gasteiger partial charge in [-0.2, -0.15) is 0 Å². The minimum atomic E-state index is -0.0888. The molecule has 4 nitrogen and oxygen atoms in total. The summed E-state index contributed by atoms with van der Waals surface area (Å²) in [6.07, 6.45) is 1.75. The van der Waals surface area contributed by atoms with Crippen LogP contribution in [0.5, 0.6) is 0 Å². The van der Waals surface area contributed by atoms with Crippen molar-refractivity contribution in [3.63, 3.8) is 0 Å². The zero-order valence-corrected chi connectivity index (χ0v) is 13.2. The van der Waals surface area contributed by atoms with E-state index in [2.05, 4.69) is 42.6 Å². The zero-order valence-electron chi connectivity index (χ0n) is 10.8. The minimum Gasteiger partial charge on any atom is -0.356 e. The summed E-state index contributed by atoms with van der Waals surface area (Å²) in [7, 11) is 4.03. The highest BCUT2D eigenvalue weighted by molar-refractivity contribution is 9.10. The molecule has 1 amide bonds. The molecule has 2 aromatic heterocycles. The van der Waals surface area contributed by atoms with Crippen molar-refractivity contribution in [3.8, 4) is 0 Å². The normalized spacial score (nSPS) is 12.6. The molecule has 0 spiro atoms. The topological polar surface area (TPSA) is 48.1 Å². The van der Waals surface area contributed by atoms with E-state index in [1.165, 1.54) is 4.88 Å². The van der Waals surface area contributed by atoms with E-state index in [1.807, 2.05) is 20.2 Å². The summed E-state index contributed by atoms with van der Waals surface area (Å²) in [6, 6.07) is 6.08. The summed E-state index contributed by atoms with van der Waals surface area (Å²) in [4.78, 5) is 18.3. The number of hydrogen-bond donors (Lipinski definition) is 2. The highest BCUT2D eigenvalue weighted by atomic mass is 79.9. The number of thiophene rings is 1. The van der Waals surface area contributed by atoms with Crippen molar-refractivity contribution in [2.45, 2.75) is 6.04 Å². The summed E-state index contributed by atoms with van der Waals surface area (Å²) in [5.74, 6) is -0.0888. The van der Waals surface area contributed by atoms with Gasteiger partial charge in [0.25, 0.3) is 5.91 Å². The van der Waals surface area contributed by atoms with E-state index in [-0.39, 0.29) is 11.9 Å². The van der Waals surface area contributed by atoms with E-state index in [0.717, 1.165) is 4.47 Å². The predicted octanol–water partition coefficient (Wildman–Crippen LogP) is 2.87. The Labute approximate surface area is 125 Å². The molecule has 0 fully saturated rings. The van der Waals surface area contributed by atoms with Crippen molar-refractivity contribution in [1.82, 2.24) is 15.2 Å². The molecular weight excluding hydrogens is 326 g/mol. The number of rotatable bonds is 5. The van der Waals surface area contributed by atoms with Crippen molar-refractivity contribution in [2.75, 3.05) is 20.6 Å². The fraction of sp³-hybridized carbons (Fsp3) is 0.308. The molecule has 19 heavy (non-hydrogen) atoms. The first kappa shape index (κ1) is 14.3. The van der Waals surface area contributed by atoms with Gasteiger partial charge in [0.2, 0.25) is 0 Å². The maximum absolute atomic E-state index is 12.0. The van der Waals surface area contributed by atoms with Crippen LogP contribution in [0, 0.1) is 0 Å². The summed E-state index contributed by atoms with van der Waals surface area (Å²) in [5, 5.41) is 5.01. The van der Waals surface area contributed by atoms with E-state index >= 15 is 0 Å². The number of H-pyrrole nitrogens is 1. The molecule has 0 saturated carbocycles. The molecular formula is C13H16BrN3OS. The van der Waals surface area contributed by atoms with Gasteiger partial charge in [-0.3, -0.25) is 4.79 Å². The van der Waals surface area contributed by atoms with Crippen LogP contribution in [0.1, 0.15) is 21.4 Å². The third kappa shape index (κ3) is 3.68. The third-order valence-corrected chi connectivity index (χ3v) is 4.27. The van der Waals surface area contributed by atoms with Crippen LogP contribution in [-0.4, -0.2) is 36.4 Å². The van der Waals surface area contributed by atoms with Crippen LogP contribution in [0.25, 0.3) is 0 Å². The van der Waals surface area contributed by atoms with Crippen LogP contribution < -0.4 is 5.32 Å². The first-order valence-electron chi connectivity index (χ1n) is 5.90. The lowest BCUT2D eigenvalue weighted by Gasteiger charge is -2.23. The maximum atomic E-state index is 12.0. The van der Waals surface area contributed by atoms with Crippen LogP contribution in [0.15, 0.2) is 34.2 Å². The average molecular weight is 342 g/mol. The molecule has 2 heterocycles. The Hall–Kier alpha value is -1.11. The van der Waals surface area contributed by atoms with Gasteiger partial charge in [-0.25, -0.2) is 0 Å². The number of nitrogens with zero attached hydrogens (tertiary/aromatic N) is 1. The lowest BCUT2D eigenvalue weighted by molar-refractivity contribution is 0.0938. The largest absolute Gasteiger partial charge is 0.356 e. The number of likely N-dealkylation sites (N-methyl/N-ethyl adjacent to an activating group) is 1. The van der Waals surface area contributed by atoms with Gasteiger partial charge in [0.05, 0.1) is 6.04 Å². The fourth-order valence-corrected chi connectivity index (χ4v) is 3.07. The van der Waals surface area contributed by atoms with E-state index < -0.39 is 0 Å². The molecule has 0 unspecified atom stereocenters. The third-order valence-electron chi connectivity index (χ3n) is 2.84. The number of aromatic nitrogens is 1. The summed E-state index contributed by atoms with van der Waals surface area (Å²) >= 11 is 5.02. The summed E-state index contributed by atoms with van der Waals surface area (Å²) < 4.78 is 0.875. The van der Waals surface area contributed by atoms with Crippen LogP contribution in [0.4, 0.5) is 0 Å². The lowest BCUT2D eigenvalue weighted by atomic mass is 10.2. The number of nitrogens with one attached hydrogen (secondary N) is 2. The molecule has 1 atom stereocenters. The van der Waals surface area contributed by atoms with E-state index in [4.69, 9.17) is 0 Å². The number of hydrogen-bond acceptors (Lipinski definition) is 3. The second-order valence-electron chi connectivity index (χ2n) is 4.44. The van der Waals surface area contributed by atoms with Gasteiger partial charge in [-0.1, -0.05) is 6.07 Å². The second-order valence-corrected chi connectivity index (χ2v) is 6.33. The van der Waals surface area contributed by atoms with E-state index in [0.29, 0.717) is 12.2 Å². The first-order valence-corrected chi connectivity index (χ1v) is 7.57. The van der Waals surface area contributed by atoms with E-state index in [1.54, 1.807) is 23.6 Å². The van der Waals surface area contributed by atoms with Crippen molar-refractivity contribution in [1.29, 1.82) is 0 Å². The number of carbonyl (C=O) groups excluding carboxylic acids is 1. The number of amides is 1. The standard InChI is InChI=1S/C13H16BrN3OS/c1-17(2)11(12-4-3-5-19-12)8-16-13(18)10-6-9(14)7-15-10/h3-7,11,15H,8H2,1-2H3,(H,16,18)/t11-/m1/s1. The minimum absolute atomic E-state index is 0.0888. The van der Waals surface area contributed by atoms with Gasteiger partial charge < -0.3 is 15.2 Å². The molecule has 0 aliphatic heterocycles. The predicted molar refractivity (Wildman–Crippen MR) is 81.6 cm³/mol. The first-order chi connectivity index (χ1) is 9.08. The van der Waals surface area contributed by atoms with Crippen molar-refractivity contribution >= 4 is 33.2 Å². The van der Waals surface area contributed by atoms with Gasteiger partial charge in [0.1, 0.15) is 5.69 Å². The number of carbonyl (C=O) groups is 1. The summed E-state index contributed by atoms with van der Waals surface area (Å²) in [6.45, 7) is 0.586. The molecule has 0 aromatic carbocycles. The molecule has 6 heteroatoms. The van der Waals surface area contributed by atoms with Crippen LogP contribution in [0.3, 0.4) is 0 Å². The Kier molecular flexibility index (Phi) is 4.79. The average Bonchev–Trinajstić information content (AvgIpc) is 3.00. The highest BCUT2D eigenvalue weighted by Crippen LogP contribution is 2.22. The number of aromatic amines is 1. The molecule has 0 saturated heterocycles. The molecule has 2 rings (SSSR count). The van der Waals surface area contributed by atoms with Gasteiger partial charge in [0, 0.05) is 22.1 Å². The van der Waals surface area contributed by atoms with Gasteiger partial charge >= 0.3 is 0 Å². The monoisotopic (exact) mass is 341 g/mol. The van der Waals surface area contributed by atoms with Crippen LogP contribution in [0.2, 0.25) is 0 Å². The molecule has 2 N–H and O–H groups in total. The quantitative estimate of drug-likeness (QED) is 0.878. The molecule has 0 radical (unpaired) electrons. The van der Waals surface area contributed by atoms with E-state index in [9.17, 15) is 4.79 Å². The Balaban J connectivity index is 1.98.